The summed E-state index contributed by atoms with van der Waals surface area (Å²) in [5.41, 5.74) is 0.388. The van der Waals surface area contributed by atoms with Gasteiger partial charge in [-0.05, 0) is 37.8 Å². The fraction of sp³-hybridized carbons (Fsp3) is 1.00. The van der Waals surface area contributed by atoms with Gasteiger partial charge in [0, 0.05) is 26.2 Å². The topological polar surface area (TPSA) is 24.5 Å². The number of hydrogen-bond donors (Lipinski definition) is 1. The Morgan fingerprint density at radius 2 is 2.11 bits per heavy atom. The molecular weight excluding hydrogens is 236 g/mol. The second-order valence-electron chi connectivity index (χ2n) is 6.30. The Morgan fingerprint density at radius 1 is 1.32 bits per heavy atom. The number of nitrogens with zero attached hydrogens (tertiary/aromatic N) is 1. The molecule has 2 atom stereocenters. The van der Waals surface area contributed by atoms with E-state index in [-0.39, 0.29) is 0 Å². The summed E-state index contributed by atoms with van der Waals surface area (Å²) in [4.78, 5) is 2.59. The highest BCUT2D eigenvalue weighted by atomic mass is 16.5. The SMILES string of the molecule is CCCC(C)(CNCC)CN(CC)CC1CCCO1. The van der Waals surface area contributed by atoms with Crippen LogP contribution in [0.1, 0.15) is 53.4 Å². The number of ether oxygens (including phenoxy) is 1. The van der Waals surface area contributed by atoms with Gasteiger partial charge in [0.05, 0.1) is 6.10 Å². The fourth-order valence-electron chi connectivity index (χ4n) is 3.18. The smallest absolute Gasteiger partial charge is 0.0702 e. The second-order valence-corrected chi connectivity index (χ2v) is 6.30. The Morgan fingerprint density at radius 3 is 2.63 bits per heavy atom. The standard InChI is InChI=1S/C16H34N2O/c1-5-10-16(4,13-17-6-2)14-18(7-3)12-15-9-8-11-19-15/h15,17H,5-14H2,1-4H3. The summed E-state index contributed by atoms with van der Waals surface area (Å²) >= 11 is 0. The normalized spacial score (nSPS) is 22.9. The van der Waals surface area contributed by atoms with Gasteiger partial charge in [-0.25, -0.2) is 0 Å². The third kappa shape index (κ3) is 6.24. The van der Waals surface area contributed by atoms with Crippen LogP contribution >= 0.6 is 0 Å². The van der Waals surface area contributed by atoms with Crippen molar-refractivity contribution in [3.63, 3.8) is 0 Å². The molecule has 0 saturated carbocycles. The highest BCUT2D eigenvalue weighted by molar-refractivity contribution is 4.82. The molecule has 1 rings (SSSR count). The van der Waals surface area contributed by atoms with Crippen LogP contribution in [0.4, 0.5) is 0 Å². The van der Waals surface area contributed by atoms with Gasteiger partial charge in [-0.2, -0.15) is 0 Å². The van der Waals surface area contributed by atoms with E-state index in [2.05, 4.69) is 37.9 Å². The summed E-state index contributed by atoms with van der Waals surface area (Å²) in [5.74, 6) is 0. The lowest BCUT2D eigenvalue weighted by atomic mass is 9.84. The van der Waals surface area contributed by atoms with Crippen molar-refractivity contribution in [2.45, 2.75) is 59.5 Å². The molecule has 0 aromatic rings. The molecular formula is C16H34N2O. The van der Waals surface area contributed by atoms with Gasteiger partial charge in [0.15, 0.2) is 0 Å². The van der Waals surface area contributed by atoms with E-state index in [0.29, 0.717) is 11.5 Å². The van der Waals surface area contributed by atoms with E-state index in [0.717, 1.165) is 32.8 Å². The monoisotopic (exact) mass is 270 g/mol. The Balaban J connectivity index is 2.47. The first-order chi connectivity index (χ1) is 9.13. The molecule has 0 aromatic heterocycles. The first-order valence-electron chi connectivity index (χ1n) is 8.18. The molecule has 1 aliphatic rings. The molecule has 114 valence electrons. The average Bonchev–Trinajstić information content (AvgIpc) is 2.89. The molecule has 0 aromatic carbocycles. The molecule has 19 heavy (non-hydrogen) atoms. The molecule has 0 amide bonds. The van der Waals surface area contributed by atoms with Crippen LogP contribution in [-0.4, -0.2) is 50.3 Å². The van der Waals surface area contributed by atoms with Gasteiger partial charge in [-0.15, -0.1) is 0 Å². The summed E-state index contributed by atoms with van der Waals surface area (Å²) in [5, 5.41) is 3.54. The minimum absolute atomic E-state index is 0.388. The Bertz CT molecular complexity index is 229. The van der Waals surface area contributed by atoms with Gasteiger partial charge in [0.1, 0.15) is 0 Å². The van der Waals surface area contributed by atoms with Crippen molar-refractivity contribution in [2.75, 3.05) is 39.3 Å². The highest BCUT2D eigenvalue weighted by Crippen LogP contribution is 2.25. The van der Waals surface area contributed by atoms with Crippen molar-refractivity contribution in [3.05, 3.63) is 0 Å². The lowest BCUT2D eigenvalue weighted by Gasteiger charge is -2.36. The predicted octanol–water partition coefficient (Wildman–Crippen LogP) is 2.90. The second kappa shape index (κ2) is 8.93. The van der Waals surface area contributed by atoms with Gasteiger partial charge < -0.3 is 15.0 Å². The van der Waals surface area contributed by atoms with E-state index in [1.54, 1.807) is 0 Å². The zero-order valence-corrected chi connectivity index (χ0v) is 13.5. The van der Waals surface area contributed by atoms with Crippen LogP contribution in [0.2, 0.25) is 0 Å². The van der Waals surface area contributed by atoms with E-state index in [4.69, 9.17) is 4.74 Å². The minimum atomic E-state index is 0.388. The molecule has 0 bridgehead atoms. The molecule has 1 N–H and O–H groups in total. The minimum Gasteiger partial charge on any atom is -0.377 e. The van der Waals surface area contributed by atoms with Crippen LogP contribution in [-0.2, 0) is 4.74 Å². The van der Waals surface area contributed by atoms with Crippen LogP contribution in [0.25, 0.3) is 0 Å². The number of rotatable bonds is 10. The van der Waals surface area contributed by atoms with Crippen molar-refractivity contribution in [1.29, 1.82) is 0 Å². The zero-order chi connectivity index (χ0) is 14.1. The van der Waals surface area contributed by atoms with Crippen molar-refractivity contribution < 1.29 is 4.74 Å². The third-order valence-corrected chi connectivity index (χ3v) is 4.19. The Hall–Kier alpha value is -0.120. The Labute approximate surface area is 120 Å². The lowest BCUT2D eigenvalue weighted by molar-refractivity contribution is 0.0567. The molecule has 2 unspecified atom stereocenters. The maximum Gasteiger partial charge on any atom is 0.0702 e. The number of nitrogens with one attached hydrogen (secondary N) is 1. The van der Waals surface area contributed by atoms with Crippen molar-refractivity contribution >= 4 is 0 Å². The third-order valence-electron chi connectivity index (χ3n) is 4.19. The Kier molecular flexibility index (Phi) is 7.96. The van der Waals surface area contributed by atoms with Gasteiger partial charge in [0.25, 0.3) is 0 Å². The zero-order valence-electron chi connectivity index (χ0n) is 13.5. The summed E-state index contributed by atoms with van der Waals surface area (Å²) in [7, 11) is 0. The van der Waals surface area contributed by atoms with E-state index in [9.17, 15) is 0 Å². The maximum atomic E-state index is 5.78. The van der Waals surface area contributed by atoms with Crippen molar-refractivity contribution in [1.82, 2.24) is 10.2 Å². The van der Waals surface area contributed by atoms with Crippen LogP contribution in [0.15, 0.2) is 0 Å². The molecule has 0 aliphatic carbocycles. The van der Waals surface area contributed by atoms with Gasteiger partial charge in [-0.3, -0.25) is 0 Å². The average molecular weight is 270 g/mol. The van der Waals surface area contributed by atoms with Gasteiger partial charge >= 0.3 is 0 Å². The molecule has 1 saturated heterocycles. The molecule has 1 heterocycles. The fourth-order valence-corrected chi connectivity index (χ4v) is 3.18. The summed E-state index contributed by atoms with van der Waals surface area (Å²) in [6.45, 7) is 15.8. The maximum absolute atomic E-state index is 5.78. The van der Waals surface area contributed by atoms with E-state index in [1.807, 2.05) is 0 Å². The van der Waals surface area contributed by atoms with Crippen LogP contribution < -0.4 is 5.32 Å². The van der Waals surface area contributed by atoms with Crippen LogP contribution in [0.3, 0.4) is 0 Å². The van der Waals surface area contributed by atoms with E-state index < -0.39 is 0 Å². The largest absolute Gasteiger partial charge is 0.377 e. The summed E-state index contributed by atoms with van der Waals surface area (Å²) in [6.07, 6.45) is 5.52. The molecule has 1 fully saturated rings. The van der Waals surface area contributed by atoms with E-state index in [1.165, 1.54) is 32.2 Å². The van der Waals surface area contributed by atoms with Crippen molar-refractivity contribution in [3.8, 4) is 0 Å². The molecule has 1 aliphatic heterocycles. The summed E-state index contributed by atoms with van der Waals surface area (Å²) < 4.78 is 5.78. The summed E-state index contributed by atoms with van der Waals surface area (Å²) in [6, 6.07) is 0. The number of hydrogen-bond acceptors (Lipinski definition) is 3. The molecule has 0 radical (unpaired) electrons. The van der Waals surface area contributed by atoms with Crippen molar-refractivity contribution in [2.24, 2.45) is 5.41 Å². The van der Waals surface area contributed by atoms with E-state index >= 15 is 0 Å². The first kappa shape index (κ1) is 16.9. The first-order valence-corrected chi connectivity index (χ1v) is 8.18. The quantitative estimate of drug-likeness (QED) is 0.660. The predicted molar refractivity (Wildman–Crippen MR) is 82.6 cm³/mol. The number of likely N-dealkylation sites (N-methyl/N-ethyl adjacent to an activating group) is 1. The highest BCUT2D eigenvalue weighted by Gasteiger charge is 2.27. The molecule has 0 spiro atoms. The van der Waals surface area contributed by atoms with Crippen LogP contribution in [0.5, 0.6) is 0 Å². The van der Waals surface area contributed by atoms with Gasteiger partial charge in [0.2, 0.25) is 0 Å². The van der Waals surface area contributed by atoms with Gasteiger partial charge in [-0.1, -0.05) is 34.1 Å². The molecule has 3 heteroatoms. The lowest BCUT2D eigenvalue weighted by Crippen LogP contribution is -2.44. The van der Waals surface area contributed by atoms with Crippen LogP contribution in [0, 0.1) is 5.41 Å². The molecule has 3 nitrogen and oxygen atoms in total.